The van der Waals surface area contributed by atoms with Gasteiger partial charge in [-0.3, -0.25) is 4.79 Å². The van der Waals surface area contributed by atoms with Gasteiger partial charge in [0.15, 0.2) is 0 Å². The number of amides is 1. The van der Waals surface area contributed by atoms with Crippen LogP contribution in [-0.4, -0.2) is 15.3 Å². The Balaban J connectivity index is 2.51. The second-order valence-electron chi connectivity index (χ2n) is 4.24. The first kappa shape index (κ1) is 10.7. The van der Waals surface area contributed by atoms with Gasteiger partial charge in [0.25, 0.3) is 0 Å². The monoisotopic (exact) mass is 217 g/mol. The average Bonchev–Trinajstić information content (AvgIpc) is 2.60. The maximum atomic E-state index is 10.9. The predicted molar refractivity (Wildman–Crippen MR) is 62.2 cm³/mol. The number of nitrogens with two attached hydrogens (primary N) is 1. The molecule has 2 heterocycles. The quantitative estimate of drug-likeness (QED) is 0.846. The minimum Gasteiger partial charge on any atom is -0.369 e. The molecule has 2 aromatic heterocycles. The van der Waals surface area contributed by atoms with Crippen LogP contribution in [0.1, 0.15) is 31.0 Å². The molecule has 2 N–H and O–H groups in total. The van der Waals surface area contributed by atoms with E-state index < -0.39 is 0 Å². The fraction of sp³-hybridized carbons (Fsp3) is 0.333. The van der Waals surface area contributed by atoms with Gasteiger partial charge >= 0.3 is 0 Å². The first-order valence-electron chi connectivity index (χ1n) is 5.32. The Morgan fingerprint density at radius 2 is 2.25 bits per heavy atom. The summed E-state index contributed by atoms with van der Waals surface area (Å²) < 4.78 is 1.93. The highest BCUT2D eigenvalue weighted by Gasteiger charge is 2.07. The van der Waals surface area contributed by atoms with E-state index in [4.69, 9.17) is 5.73 Å². The van der Waals surface area contributed by atoms with Gasteiger partial charge < -0.3 is 10.1 Å². The summed E-state index contributed by atoms with van der Waals surface area (Å²) in [6.07, 6.45) is 3.94. The second kappa shape index (κ2) is 3.96. The topological polar surface area (TPSA) is 60.4 Å². The Kier molecular flexibility index (Phi) is 2.64. The van der Waals surface area contributed by atoms with Crippen molar-refractivity contribution in [2.75, 3.05) is 0 Å². The summed E-state index contributed by atoms with van der Waals surface area (Å²) in [6.45, 7) is 4.26. The van der Waals surface area contributed by atoms with E-state index in [2.05, 4.69) is 24.9 Å². The van der Waals surface area contributed by atoms with Gasteiger partial charge in [-0.1, -0.05) is 19.9 Å². The molecule has 4 nitrogen and oxygen atoms in total. The molecule has 0 atom stereocenters. The number of hydrogen-bond acceptors (Lipinski definition) is 2. The zero-order chi connectivity index (χ0) is 11.7. The summed E-state index contributed by atoms with van der Waals surface area (Å²) in [6, 6.07) is 4.01. The van der Waals surface area contributed by atoms with E-state index in [0.29, 0.717) is 5.92 Å². The van der Waals surface area contributed by atoms with E-state index in [1.807, 2.05) is 16.7 Å². The van der Waals surface area contributed by atoms with Gasteiger partial charge in [0, 0.05) is 12.4 Å². The molecule has 1 amide bonds. The number of primary amides is 1. The fourth-order valence-electron chi connectivity index (χ4n) is 1.70. The Bertz CT molecular complexity index is 528. The van der Waals surface area contributed by atoms with E-state index in [1.165, 1.54) is 5.56 Å². The Hall–Kier alpha value is -1.84. The minimum absolute atomic E-state index is 0.225. The number of fused-ring (bicyclic) bond motifs is 1. The molecule has 84 valence electrons. The highest BCUT2D eigenvalue weighted by molar-refractivity contribution is 5.76. The lowest BCUT2D eigenvalue weighted by Gasteiger charge is -2.07. The zero-order valence-corrected chi connectivity index (χ0v) is 9.47. The van der Waals surface area contributed by atoms with E-state index in [1.54, 1.807) is 6.20 Å². The Labute approximate surface area is 94.1 Å². The molecular weight excluding hydrogens is 202 g/mol. The predicted octanol–water partition coefficient (Wildman–Crippen LogP) is 1.49. The van der Waals surface area contributed by atoms with Crippen molar-refractivity contribution in [3.05, 3.63) is 35.8 Å². The van der Waals surface area contributed by atoms with Crippen molar-refractivity contribution >= 4 is 11.6 Å². The number of pyridine rings is 1. The summed E-state index contributed by atoms with van der Waals surface area (Å²) in [7, 11) is 0. The van der Waals surface area contributed by atoms with Gasteiger partial charge in [-0.25, -0.2) is 4.98 Å². The van der Waals surface area contributed by atoms with Crippen LogP contribution in [0.3, 0.4) is 0 Å². The standard InChI is InChI=1S/C12H15N3O/c1-8(2)9-3-4-12-14-6-10(5-11(13)16)15(12)7-9/h3-4,6-8H,5H2,1-2H3,(H2,13,16). The third-order valence-corrected chi connectivity index (χ3v) is 2.63. The van der Waals surface area contributed by atoms with Crippen molar-refractivity contribution in [2.45, 2.75) is 26.2 Å². The van der Waals surface area contributed by atoms with Crippen LogP contribution < -0.4 is 5.73 Å². The molecule has 0 fully saturated rings. The third kappa shape index (κ3) is 1.91. The molecular formula is C12H15N3O. The van der Waals surface area contributed by atoms with Crippen LogP contribution in [0.4, 0.5) is 0 Å². The normalized spacial score (nSPS) is 11.2. The van der Waals surface area contributed by atoms with E-state index in [-0.39, 0.29) is 12.3 Å². The summed E-state index contributed by atoms with van der Waals surface area (Å²) in [5.41, 5.74) is 8.10. The fourth-order valence-corrected chi connectivity index (χ4v) is 1.70. The summed E-state index contributed by atoms with van der Waals surface area (Å²) >= 11 is 0. The number of carbonyl (C=O) groups is 1. The van der Waals surface area contributed by atoms with Crippen LogP contribution in [0.15, 0.2) is 24.5 Å². The maximum absolute atomic E-state index is 10.9. The first-order chi connectivity index (χ1) is 7.58. The van der Waals surface area contributed by atoms with Gasteiger partial charge in [-0.05, 0) is 17.5 Å². The zero-order valence-electron chi connectivity index (χ0n) is 9.47. The number of nitrogens with zero attached hydrogens (tertiary/aromatic N) is 2. The molecule has 0 saturated heterocycles. The van der Waals surface area contributed by atoms with Crippen LogP contribution in [0.25, 0.3) is 5.65 Å². The van der Waals surface area contributed by atoms with Gasteiger partial charge in [0.05, 0.1) is 12.1 Å². The minimum atomic E-state index is -0.336. The van der Waals surface area contributed by atoms with Crippen molar-refractivity contribution < 1.29 is 4.79 Å². The van der Waals surface area contributed by atoms with Crippen LogP contribution in [0.5, 0.6) is 0 Å². The molecule has 16 heavy (non-hydrogen) atoms. The third-order valence-electron chi connectivity index (χ3n) is 2.63. The van der Waals surface area contributed by atoms with Crippen molar-refractivity contribution in [1.82, 2.24) is 9.38 Å². The van der Waals surface area contributed by atoms with Gasteiger partial charge in [0.2, 0.25) is 5.91 Å². The van der Waals surface area contributed by atoms with Crippen molar-refractivity contribution in [1.29, 1.82) is 0 Å². The molecule has 2 rings (SSSR count). The van der Waals surface area contributed by atoms with E-state index >= 15 is 0 Å². The maximum Gasteiger partial charge on any atom is 0.223 e. The Morgan fingerprint density at radius 1 is 1.50 bits per heavy atom. The van der Waals surface area contributed by atoms with Gasteiger partial charge in [-0.2, -0.15) is 0 Å². The van der Waals surface area contributed by atoms with Crippen LogP contribution in [0, 0.1) is 0 Å². The number of hydrogen-bond donors (Lipinski definition) is 1. The molecule has 2 aromatic rings. The number of rotatable bonds is 3. The number of carbonyl (C=O) groups excluding carboxylic acids is 1. The van der Waals surface area contributed by atoms with Crippen molar-refractivity contribution in [3.63, 3.8) is 0 Å². The molecule has 0 spiro atoms. The van der Waals surface area contributed by atoms with E-state index in [0.717, 1.165) is 11.3 Å². The van der Waals surface area contributed by atoms with Crippen LogP contribution >= 0.6 is 0 Å². The SMILES string of the molecule is CC(C)c1ccc2ncc(CC(N)=O)n2c1. The van der Waals surface area contributed by atoms with Crippen molar-refractivity contribution in [3.8, 4) is 0 Å². The molecule has 4 heteroatoms. The molecule has 0 radical (unpaired) electrons. The lowest BCUT2D eigenvalue weighted by atomic mass is 10.1. The van der Waals surface area contributed by atoms with Gasteiger partial charge in [-0.15, -0.1) is 0 Å². The summed E-state index contributed by atoms with van der Waals surface area (Å²) in [5.74, 6) is 0.116. The Morgan fingerprint density at radius 3 is 2.88 bits per heavy atom. The largest absolute Gasteiger partial charge is 0.369 e. The molecule has 0 aliphatic heterocycles. The molecule has 0 aromatic carbocycles. The summed E-state index contributed by atoms with van der Waals surface area (Å²) in [5, 5.41) is 0. The lowest BCUT2D eigenvalue weighted by molar-refractivity contribution is -0.117. The van der Waals surface area contributed by atoms with Crippen LogP contribution in [-0.2, 0) is 11.2 Å². The first-order valence-corrected chi connectivity index (χ1v) is 5.32. The summed E-state index contributed by atoms with van der Waals surface area (Å²) in [4.78, 5) is 15.1. The number of aromatic nitrogens is 2. The lowest BCUT2D eigenvalue weighted by Crippen LogP contribution is -2.14. The average molecular weight is 217 g/mol. The van der Waals surface area contributed by atoms with Crippen molar-refractivity contribution in [2.24, 2.45) is 5.73 Å². The second-order valence-corrected chi connectivity index (χ2v) is 4.24. The number of imidazole rings is 1. The molecule has 0 bridgehead atoms. The smallest absolute Gasteiger partial charge is 0.223 e. The molecule has 0 unspecified atom stereocenters. The molecule has 0 saturated carbocycles. The van der Waals surface area contributed by atoms with Crippen LogP contribution in [0.2, 0.25) is 0 Å². The van der Waals surface area contributed by atoms with Gasteiger partial charge in [0.1, 0.15) is 5.65 Å². The molecule has 0 aliphatic carbocycles. The molecule has 0 aliphatic rings. The highest BCUT2D eigenvalue weighted by atomic mass is 16.1. The highest BCUT2D eigenvalue weighted by Crippen LogP contribution is 2.16. The van der Waals surface area contributed by atoms with E-state index in [9.17, 15) is 4.79 Å².